The Hall–Kier alpha value is -3.01. The zero-order valence-electron chi connectivity index (χ0n) is 11.1. The molecule has 3 rings (SSSR count). The lowest BCUT2D eigenvalue weighted by atomic mass is 10.00. The van der Waals surface area contributed by atoms with Gasteiger partial charge in [-0.3, -0.25) is 15.1 Å². The first-order valence-corrected chi connectivity index (χ1v) is 6.49. The topological polar surface area (TPSA) is 56.0 Å². The number of benzene rings is 2. The van der Waals surface area contributed by atoms with Crippen LogP contribution in [0.2, 0.25) is 0 Å². The Morgan fingerprint density at radius 1 is 0.810 bits per heavy atom. The van der Waals surface area contributed by atoms with Crippen LogP contribution in [-0.2, 0) is 0 Å². The number of hydrogen-bond donors (Lipinski definition) is 0. The molecule has 0 aliphatic rings. The van der Waals surface area contributed by atoms with Gasteiger partial charge in [0.1, 0.15) is 0 Å². The molecule has 102 valence electrons. The number of non-ortho nitro benzene ring substituents is 1. The van der Waals surface area contributed by atoms with Crippen LogP contribution in [0.15, 0.2) is 73.1 Å². The first-order chi connectivity index (χ1) is 10.2. The van der Waals surface area contributed by atoms with Gasteiger partial charge in [0.2, 0.25) is 0 Å². The average molecular weight is 276 g/mol. The highest BCUT2D eigenvalue weighted by molar-refractivity contribution is 5.73. The lowest BCUT2D eigenvalue weighted by Gasteiger charge is -2.05. The van der Waals surface area contributed by atoms with E-state index in [1.165, 1.54) is 12.1 Å². The van der Waals surface area contributed by atoms with Crippen LogP contribution in [0.4, 0.5) is 5.69 Å². The minimum atomic E-state index is -0.393. The summed E-state index contributed by atoms with van der Waals surface area (Å²) >= 11 is 0. The van der Waals surface area contributed by atoms with Crippen molar-refractivity contribution in [3.63, 3.8) is 0 Å². The Bertz CT molecular complexity index is 768. The van der Waals surface area contributed by atoms with Gasteiger partial charge >= 0.3 is 0 Å². The van der Waals surface area contributed by atoms with Crippen molar-refractivity contribution in [3.05, 3.63) is 83.2 Å². The Morgan fingerprint density at radius 3 is 2.10 bits per heavy atom. The molecule has 2 aromatic carbocycles. The Morgan fingerprint density at radius 2 is 1.48 bits per heavy atom. The molecule has 0 atom stereocenters. The minimum Gasteiger partial charge on any atom is -0.264 e. The monoisotopic (exact) mass is 276 g/mol. The zero-order valence-corrected chi connectivity index (χ0v) is 11.1. The van der Waals surface area contributed by atoms with Gasteiger partial charge in [-0.25, -0.2) is 0 Å². The number of nitrogens with zero attached hydrogens (tertiary/aromatic N) is 2. The van der Waals surface area contributed by atoms with Gasteiger partial charge in [0.05, 0.1) is 4.92 Å². The second-order valence-corrected chi connectivity index (χ2v) is 4.63. The largest absolute Gasteiger partial charge is 0.269 e. The molecule has 0 saturated carbocycles. The Balaban J connectivity index is 1.98. The molecule has 0 saturated heterocycles. The predicted octanol–water partition coefficient (Wildman–Crippen LogP) is 4.32. The highest BCUT2D eigenvalue weighted by Crippen LogP contribution is 2.27. The summed E-state index contributed by atoms with van der Waals surface area (Å²) in [6, 6.07) is 18.5. The van der Waals surface area contributed by atoms with E-state index >= 15 is 0 Å². The third kappa shape index (κ3) is 2.79. The van der Waals surface area contributed by atoms with E-state index in [1.54, 1.807) is 18.3 Å². The molecule has 0 aliphatic carbocycles. The van der Waals surface area contributed by atoms with Gasteiger partial charge in [0, 0.05) is 30.1 Å². The highest BCUT2D eigenvalue weighted by Gasteiger charge is 2.06. The van der Waals surface area contributed by atoms with Crippen molar-refractivity contribution < 1.29 is 4.92 Å². The summed E-state index contributed by atoms with van der Waals surface area (Å²) in [4.78, 5) is 14.4. The number of nitro benzene ring substituents is 1. The molecular formula is C17H12N2O2. The number of pyridine rings is 1. The van der Waals surface area contributed by atoms with Crippen LogP contribution in [-0.4, -0.2) is 9.91 Å². The van der Waals surface area contributed by atoms with E-state index in [4.69, 9.17) is 0 Å². The molecular weight excluding hydrogens is 264 g/mol. The molecule has 0 unspecified atom stereocenters. The fraction of sp³-hybridized carbons (Fsp3) is 0. The molecule has 0 aliphatic heterocycles. The highest BCUT2D eigenvalue weighted by atomic mass is 16.6. The second-order valence-electron chi connectivity index (χ2n) is 4.63. The molecule has 4 heteroatoms. The van der Waals surface area contributed by atoms with Crippen molar-refractivity contribution in [2.75, 3.05) is 0 Å². The van der Waals surface area contributed by atoms with Crippen molar-refractivity contribution in [3.8, 4) is 22.3 Å². The van der Waals surface area contributed by atoms with Gasteiger partial charge in [0.25, 0.3) is 5.69 Å². The van der Waals surface area contributed by atoms with Crippen LogP contribution < -0.4 is 0 Å². The Kier molecular flexibility index (Phi) is 3.43. The minimum absolute atomic E-state index is 0.0992. The fourth-order valence-electron chi connectivity index (χ4n) is 2.19. The van der Waals surface area contributed by atoms with Gasteiger partial charge in [0.15, 0.2) is 0 Å². The van der Waals surface area contributed by atoms with Crippen molar-refractivity contribution in [1.82, 2.24) is 4.98 Å². The molecule has 3 aromatic rings. The van der Waals surface area contributed by atoms with Crippen LogP contribution in [0.5, 0.6) is 0 Å². The molecule has 0 N–H and O–H groups in total. The number of aromatic nitrogens is 1. The van der Waals surface area contributed by atoms with E-state index in [1.807, 2.05) is 36.5 Å². The second kappa shape index (κ2) is 5.54. The maximum absolute atomic E-state index is 10.7. The summed E-state index contributed by atoms with van der Waals surface area (Å²) in [5.41, 5.74) is 4.18. The van der Waals surface area contributed by atoms with Crippen molar-refractivity contribution >= 4 is 5.69 Å². The first kappa shape index (κ1) is 13.0. The summed E-state index contributed by atoms with van der Waals surface area (Å²) in [7, 11) is 0. The number of hydrogen-bond acceptors (Lipinski definition) is 3. The van der Waals surface area contributed by atoms with Gasteiger partial charge in [-0.1, -0.05) is 24.3 Å². The zero-order chi connectivity index (χ0) is 14.7. The van der Waals surface area contributed by atoms with E-state index in [2.05, 4.69) is 11.1 Å². The summed E-state index contributed by atoms with van der Waals surface area (Å²) in [5.74, 6) is 0. The predicted molar refractivity (Wildman–Crippen MR) is 81.8 cm³/mol. The SMILES string of the molecule is O=[N+]([O-])c1ccc(-c2cccc(-c3cccnc3)c2)cc1. The summed E-state index contributed by atoms with van der Waals surface area (Å²) < 4.78 is 0. The number of rotatable bonds is 3. The smallest absolute Gasteiger partial charge is 0.264 e. The maximum atomic E-state index is 10.7. The van der Waals surface area contributed by atoms with E-state index in [0.717, 1.165) is 22.3 Å². The van der Waals surface area contributed by atoms with E-state index < -0.39 is 4.92 Å². The normalized spacial score (nSPS) is 10.3. The molecule has 0 fully saturated rings. The quantitative estimate of drug-likeness (QED) is 0.528. The van der Waals surface area contributed by atoms with Gasteiger partial charge in [-0.15, -0.1) is 0 Å². The fourth-order valence-corrected chi connectivity index (χ4v) is 2.19. The molecule has 21 heavy (non-hydrogen) atoms. The van der Waals surface area contributed by atoms with Crippen LogP contribution in [0, 0.1) is 10.1 Å². The van der Waals surface area contributed by atoms with E-state index in [-0.39, 0.29) is 5.69 Å². The van der Waals surface area contributed by atoms with Crippen LogP contribution in [0.25, 0.3) is 22.3 Å². The van der Waals surface area contributed by atoms with Crippen LogP contribution >= 0.6 is 0 Å². The van der Waals surface area contributed by atoms with E-state index in [0.29, 0.717) is 0 Å². The number of nitro groups is 1. The van der Waals surface area contributed by atoms with Gasteiger partial charge in [-0.05, 0) is 41.0 Å². The molecule has 0 radical (unpaired) electrons. The lowest BCUT2D eigenvalue weighted by Crippen LogP contribution is -1.87. The molecule has 1 heterocycles. The third-order valence-electron chi connectivity index (χ3n) is 3.27. The van der Waals surface area contributed by atoms with E-state index in [9.17, 15) is 10.1 Å². The molecule has 0 bridgehead atoms. The molecule has 0 amide bonds. The molecule has 0 spiro atoms. The summed E-state index contributed by atoms with van der Waals surface area (Å²) in [6.07, 6.45) is 3.55. The molecule has 1 aromatic heterocycles. The van der Waals surface area contributed by atoms with Crippen LogP contribution in [0.3, 0.4) is 0 Å². The van der Waals surface area contributed by atoms with Crippen molar-refractivity contribution in [1.29, 1.82) is 0 Å². The van der Waals surface area contributed by atoms with Gasteiger partial charge < -0.3 is 0 Å². The summed E-state index contributed by atoms with van der Waals surface area (Å²) in [5, 5.41) is 10.7. The van der Waals surface area contributed by atoms with Crippen molar-refractivity contribution in [2.45, 2.75) is 0 Å². The average Bonchev–Trinajstić information content (AvgIpc) is 2.56. The van der Waals surface area contributed by atoms with Crippen LogP contribution in [0.1, 0.15) is 0 Å². The van der Waals surface area contributed by atoms with Gasteiger partial charge in [-0.2, -0.15) is 0 Å². The summed E-state index contributed by atoms with van der Waals surface area (Å²) in [6.45, 7) is 0. The third-order valence-corrected chi connectivity index (χ3v) is 3.27. The molecule has 4 nitrogen and oxygen atoms in total. The lowest BCUT2D eigenvalue weighted by molar-refractivity contribution is -0.384. The van der Waals surface area contributed by atoms with Crippen molar-refractivity contribution in [2.24, 2.45) is 0 Å². The first-order valence-electron chi connectivity index (χ1n) is 6.49. The Labute approximate surface area is 121 Å². The maximum Gasteiger partial charge on any atom is 0.269 e. The standard InChI is InChI=1S/C17H12N2O2/c20-19(21)17-8-6-13(7-9-17)14-3-1-4-15(11-14)16-5-2-10-18-12-16/h1-12H.